The number of carbonyl (C=O) groups excluding carboxylic acids is 1. The number of aliphatic hydroxyl groups is 1. The first-order valence-corrected chi connectivity index (χ1v) is 5.24. The van der Waals surface area contributed by atoms with Crippen molar-refractivity contribution in [3.05, 3.63) is 23.0 Å². The number of amides is 1. The molecule has 5 heteroatoms. The van der Waals surface area contributed by atoms with Gasteiger partial charge in [0, 0.05) is 19.3 Å². The van der Waals surface area contributed by atoms with E-state index in [1.807, 2.05) is 6.92 Å². The van der Waals surface area contributed by atoms with E-state index in [4.69, 9.17) is 16.7 Å². The van der Waals surface area contributed by atoms with Gasteiger partial charge in [-0.3, -0.25) is 4.79 Å². The molecule has 0 aliphatic rings. The fourth-order valence-electron chi connectivity index (χ4n) is 1.26. The minimum atomic E-state index is -0.547. The van der Waals surface area contributed by atoms with Crippen LogP contribution in [0.4, 0.5) is 0 Å². The van der Waals surface area contributed by atoms with Crippen LogP contribution < -0.4 is 5.32 Å². The standard InChI is InChI=1S/C10H15ClN2O2/c1-3-13-6-8(11)4-9(13)10(15)12-5-7(2)14/h4,6-7,14H,3,5H2,1-2H3,(H,12,15)/t7-/m1/s1. The van der Waals surface area contributed by atoms with Gasteiger partial charge in [0.1, 0.15) is 5.69 Å². The van der Waals surface area contributed by atoms with Gasteiger partial charge in [-0.05, 0) is 19.9 Å². The van der Waals surface area contributed by atoms with E-state index in [1.165, 1.54) is 0 Å². The molecule has 1 aromatic heterocycles. The van der Waals surface area contributed by atoms with Gasteiger partial charge in [-0.1, -0.05) is 11.6 Å². The van der Waals surface area contributed by atoms with Gasteiger partial charge in [0.25, 0.3) is 5.91 Å². The predicted octanol–water partition coefficient (Wildman–Crippen LogP) is 1.27. The summed E-state index contributed by atoms with van der Waals surface area (Å²) in [7, 11) is 0. The molecule has 2 N–H and O–H groups in total. The highest BCUT2D eigenvalue weighted by Gasteiger charge is 2.12. The highest BCUT2D eigenvalue weighted by molar-refractivity contribution is 6.31. The van der Waals surface area contributed by atoms with Crippen LogP contribution in [0.25, 0.3) is 0 Å². The molecule has 1 aromatic rings. The Hall–Kier alpha value is -1.00. The number of halogens is 1. The molecule has 0 unspecified atom stereocenters. The predicted molar refractivity (Wildman–Crippen MR) is 59.1 cm³/mol. The van der Waals surface area contributed by atoms with Crippen molar-refractivity contribution in [2.24, 2.45) is 0 Å². The number of aryl methyl sites for hydroxylation is 1. The SMILES string of the molecule is CCn1cc(Cl)cc1C(=O)NC[C@@H](C)O. The lowest BCUT2D eigenvalue weighted by molar-refractivity contribution is 0.0915. The minimum absolute atomic E-state index is 0.218. The van der Waals surface area contributed by atoms with E-state index >= 15 is 0 Å². The zero-order valence-corrected chi connectivity index (χ0v) is 9.58. The summed E-state index contributed by atoms with van der Waals surface area (Å²) >= 11 is 5.80. The second kappa shape index (κ2) is 5.19. The number of hydrogen-bond acceptors (Lipinski definition) is 2. The Bertz CT molecular complexity index is 347. The first-order valence-electron chi connectivity index (χ1n) is 4.86. The van der Waals surface area contributed by atoms with Crippen LogP contribution in [0.2, 0.25) is 5.02 Å². The van der Waals surface area contributed by atoms with Crippen molar-refractivity contribution in [2.45, 2.75) is 26.5 Å². The number of nitrogens with zero attached hydrogens (tertiary/aromatic N) is 1. The Balaban J connectivity index is 2.72. The Morgan fingerprint density at radius 1 is 1.73 bits per heavy atom. The zero-order valence-electron chi connectivity index (χ0n) is 8.83. The van der Waals surface area contributed by atoms with Crippen LogP contribution in [-0.2, 0) is 6.54 Å². The number of hydrogen-bond donors (Lipinski definition) is 2. The number of aliphatic hydroxyl groups excluding tert-OH is 1. The van der Waals surface area contributed by atoms with Crippen molar-refractivity contribution in [2.75, 3.05) is 6.54 Å². The maximum atomic E-state index is 11.6. The van der Waals surface area contributed by atoms with Crippen molar-refractivity contribution in [3.63, 3.8) is 0 Å². The number of nitrogens with one attached hydrogen (secondary N) is 1. The van der Waals surface area contributed by atoms with Crippen LogP contribution >= 0.6 is 11.6 Å². The van der Waals surface area contributed by atoms with E-state index in [-0.39, 0.29) is 12.5 Å². The summed E-state index contributed by atoms with van der Waals surface area (Å²) in [6, 6.07) is 1.61. The highest BCUT2D eigenvalue weighted by Crippen LogP contribution is 2.13. The molecule has 15 heavy (non-hydrogen) atoms. The quantitative estimate of drug-likeness (QED) is 0.819. The monoisotopic (exact) mass is 230 g/mol. The van der Waals surface area contributed by atoms with E-state index in [2.05, 4.69) is 5.32 Å². The maximum Gasteiger partial charge on any atom is 0.268 e. The van der Waals surface area contributed by atoms with Gasteiger partial charge in [-0.15, -0.1) is 0 Å². The molecule has 4 nitrogen and oxygen atoms in total. The fourth-order valence-corrected chi connectivity index (χ4v) is 1.48. The third-order valence-corrected chi connectivity index (χ3v) is 2.20. The lowest BCUT2D eigenvalue weighted by Gasteiger charge is -2.08. The Morgan fingerprint density at radius 2 is 2.40 bits per heavy atom. The van der Waals surface area contributed by atoms with Gasteiger partial charge in [0.2, 0.25) is 0 Å². The summed E-state index contributed by atoms with van der Waals surface area (Å²) in [6.45, 7) is 4.48. The number of carbonyl (C=O) groups is 1. The van der Waals surface area contributed by atoms with Gasteiger partial charge >= 0.3 is 0 Å². The molecule has 84 valence electrons. The molecule has 0 saturated carbocycles. The van der Waals surface area contributed by atoms with Crippen LogP contribution in [0.1, 0.15) is 24.3 Å². The lowest BCUT2D eigenvalue weighted by Crippen LogP contribution is -2.31. The molecule has 0 spiro atoms. The molecule has 0 fully saturated rings. The summed E-state index contributed by atoms with van der Waals surface area (Å²) < 4.78 is 1.76. The van der Waals surface area contributed by atoms with E-state index in [1.54, 1.807) is 23.8 Å². The normalized spacial score (nSPS) is 12.5. The van der Waals surface area contributed by atoms with E-state index < -0.39 is 6.10 Å². The Kier molecular flexibility index (Phi) is 4.17. The van der Waals surface area contributed by atoms with E-state index in [0.717, 1.165) is 0 Å². The fraction of sp³-hybridized carbons (Fsp3) is 0.500. The van der Waals surface area contributed by atoms with Crippen LogP contribution in [0.3, 0.4) is 0 Å². The molecule has 1 rings (SSSR count). The molecule has 0 aliphatic heterocycles. The Labute approximate surface area is 93.8 Å². The first kappa shape index (κ1) is 12.1. The van der Waals surface area contributed by atoms with Crippen molar-refractivity contribution >= 4 is 17.5 Å². The molecule has 1 amide bonds. The molecular formula is C10H15ClN2O2. The average molecular weight is 231 g/mol. The van der Waals surface area contributed by atoms with E-state index in [0.29, 0.717) is 17.3 Å². The molecule has 0 aromatic carbocycles. The van der Waals surface area contributed by atoms with Crippen LogP contribution in [-0.4, -0.2) is 28.2 Å². The van der Waals surface area contributed by atoms with Crippen molar-refractivity contribution in [3.8, 4) is 0 Å². The molecule has 0 saturated heterocycles. The first-order chi connectivity index (χ1) is 7.04. The smallest absolute Gasteiger partial charge is 0.268 e. The second-order valence-corrected chi connectivity index (χ2v) is 3.83. The lowest BCUT2D eigenvalue weighted by atomic mass is 10.3. The summed E-state index contributed by atoms with van der Waals surface area (Å²) in [6.07, 6.45) is 1.16. The largest absolute Gasteiger partial charge is 0.392 e. The summed E-state index contributed by atoms with van der Waals surface area (Å²) in [5, 5.41) is 12.2. The van der Waals surface area contributed by atoms with Crippen LogP contribution in [0, 0.1) is 0 Å². The second-order valence-electron chi connectivity index (χ2n) is 3.39. The van der Waals surface area contributed by atoms with Gasteiger partial charge in [-0.2, -0.15) is 0 Å². The molecule has 0 radical (unpaired) electrons. The van der Waals surface area contributed by atoms with Crippen molar-refractivity contribution in [1.82, 2.24) is 9.88 Å². The molecule has 1 atom stereocenters. The molecular weight excluding hydrogens is 216 g/mol. The van der Waals surface area contributed by atoms with Gasteiger partial charge in [-0.25, -0.2) is 0 Å². The van der Waals surface area contributed by atoms with Gasteiger partial charge in [0.05, 0.1) is 11.1 Å². The van der Waals surface area contributed by atoms with Gasteiger partial charge < -0.3 is 15.0 Å². The summed E-state index contributed by atoms with van der Waals surface area (Å²) in [5.74, 6) is -0.218. The van der Waals surface area contributed by atoms with Crippen molar-refractivity contribution < 1.29 is 9.90 Å². The third-order valence-electron chi connectivity index (χ3n) is 1.99. The highest BCUT2D eigenvalue weighted by atomic mass is 35.5. The van der Waals surface area contributed by atoms with Crippen LogP contribution in [0.15, 0.2) is 12.3 Å². The molecule has 0 bridgehead atoms. The third kappa shape index (κ3) is 3.25. The minimum Gasteiger partial charge on any atom is -0.392 e. The number of rotatable bonds is 4. The topological polar surface area (TPSA) is 54.3 Å². The molecule has 1 heterocycles. The zero-order chi connectivity index (χ0) is 11.4. The summed E-state index contributed by atoms with van der Waals surface area (Å²) in [5.41, 5.74) is 0.517. The Morgan fingerprint density at radius 3 is 2.93 bits per heavy atom. The van der Waals surface area contributed by atoms with Crippen LogP contribution in [0.5, 0.6) is 0 Å². The average Bonchev–Trinajstić information content (AvgIpc) is 2.56. The maximum absolute atomic E-state index is 11.6. The van der Waals surface area contributed by atoms with Gasteiger partial charge in [0.15, 0.2) is 0 Å². The summed E-state index contributed by atoms with van der Waals surface area (Å²) in [4.78, 5) is 11.6. The van der Waals surface area contributed by atoms with Crippen molar-refractivity contribution in [1.29, 1.82) is 0 Å². The number of aromatic nitrogens is 1. The molecule has 0 aliphatic carbocycles. The van der Waals surface area contributed by atoms with E-state index in [9.17, 15) is 4.79 Å².